The highest BCUT2D eigenvalue weighted by atomic mass is 19.4. The van der Waals surface area contributed by atoms with Crippen LogP contribution in [0.5, 0.6) is 5.88 Å². The summed E-state index contributed by atoms with van der Waals surface area (Å²) >= 11 is 0. The minimum atomic E-state index is -4.61. The first-order valence-electron chi connectivity index (χ1n) is 9.45. The molecule has 0 saturated heterocycles. The number of ether oxygens (including phenoxy) is 2. The lowest BCUT2D eigenvalue weighted by Crippen LogP contribution is -2.31. The number of halogens is 3. The van der Waals surface area contributed by atoms with Crippen LogP contribution in [-0.2, 0) is 9.53 Å². The van der Waals surface area contributed by atoms with Crippen LogP contribution in [0.2, 0.25) is 0 Å². The summed E-state index contributed by atoms with van der Waals surface area (Å²) in [5.74, 6) is -0.691. The molecule has 9 nitrogen and oxygen atoms in total. The Hall–Kier alpha value is -2.76. The number of nitrogens with one attached hydrogen (secondary N) is 2. The van der Waals surface area contributed by atoms with E-state index in [1.165, 1.54) is 13.0 Å². The highest BCUT2D eigenvalue weighted by Gasteiger charge is 2.30. The largest absolute Gasteiger partial charge is 0.466 e. The Balaban J connectivity index is 3.39. The minimum Gasteiger partial charge on any atom is -0.466 e. The Morgan fingerprint density at radius 3 is 2.16 bits per heavy atom. The maximum absolute atomic E-state index is 12.7. The van der Waals surface area contributed by atoms with Gasteiger partial charge in [0, 0.05) is 27.1 Å². The van der Waals surface area contributed by atoms with E-state index in [1.54, 1.807) is 32.7 Å². The Labute approximate surface area is 179 Å². The number of hydrogen-bond acceptors (Lipinski definition) is 7. The smallest absolute Gasteiger partial charge is 0.422 e. The van der Waals surface area contributed by atoms with Crippen LogP contribution in [0.4, 0.5) is 35.2 Å². The molecule has 1 aromatic heterocycles. The normalized spacial score (nSPS) is 11.8. The SMILES string of the molecule is CC(=O)Nc1cc(NC(=O)OC(C)(C)C)c(OCC(F)(F)F)nc1N(C)CCN(C)C. The van der Waals surface area contributed by atoms with Gasteiger partial charge in [-0.3, -0.25) is 10.1 Å². The molecule has 0 aliphatic carbocycles. The first kappa shape index (κ1) is 26.3. The van der Waals surface area contributed by atoms with Gasteiger partial charge in [0.25, 0.3) is 0 Å². The van der Waals surface area contributed by atoms with Crippen molar-refractivity contribution in [2.24, 2.45) is 0 Å². The van der Waals surface area contributed by atoms with Crippen molar-refractivity contribution in [2.75, 3.05) is 56.4 Å². The van der Waals surface area contributed by atoms with Crippen molar-refractivity contribution in [2.45, 2.75) is 39.5 Å². The Kier molecular flexibility index (Phi) is 8.91. The average Bonchev–Trinajstić information content (AvgIpc) is 2.55. The molecular weight excluding hydrogens is 419 g/mol. The van der Waals surface area contributed by atoms with Crippen LogP contribution in [0.3, 0.4) is 0 Å². The van der Waals surface area contributed by atoms with Crippen LogP contribution in [0.15, 0.2) is 6.07 Å². The Bertz CT molecular complexity index is 779. The van der Waals surface area contributed by atoms with Crippen LogP contribution in [-0.4, -0.2) is 74.5 Å². The van der Waals surface area contributed by atoms with E-state index >= 15 is 0 Å². The van der Waals surface area contributed by atoms with Gasteiger partial charge in [0.15, 0.2) is 12.4 Å². The molecule has 1 rings (SSSR count). The number of carbonyl (C=O) groups excluding carboxylic acids is 2. The average molecular weight is 449 g/mol. The van der Waals surface area contributed by atoms with E-state index in [-0.39, 0.29) is 17.2 Å². The van der Waals surface area contributed by atoms with Crippen molar-refractivity contribution in [3.63, 3.8) is 0 Å². The summed E-state index contributed by atoms with van der Waals surface area (Å²) in [5.41, 5.74) is -0.816. The van der Waals surface area contributed by atoms with Gasteiger partial charge in [0.1, 0.15) is 11.3 Å². The van der Waals surface area contributed by atoms with Gasteiger partial charge in [-0.1, -0.05) is 0 Å². The van der Waals surface area contributed by atoms with Crippen molar-refractivity contribution in [1.29, 1.82) is 0 Å². The zero-order valence-corrected chi connectivity index (χ0v) is 18.8. The quantitative estimate of drug-likeness (QED) is 0.629. The molecule has 0 atom stereocenters. The van der Waals surface area contributed by atoms with E-state index in [9.17, 15) is 22.8 Å². The third-order valence-electron chi connectivity index (χ3n) is 3.53. The lowest BCUT2D eigenvalue weighted by Gasteiger charge is -2.25. The summed E-state index contributed by atoms with van der Waals surface area (Å²) in [5, 5.41) is 4.92. The monoisotopic (exact) mass is 449 g/mol. The maximum atomic E-state index is 12.7. The third-order valence-corrected chi connectivity index (χ3v) is 3.53. The fraction of sp³-hybridized carbons (Fsp3) is 0.632. The fourth-order valence-electron chi connectivity index (χ4n) is 2.28. The predicted molar refractivity (Wildman–Crippen MR) is 112 cm³/mol. The van der Waals surface area contributed by atoms with E-state index in [4.69, 9.17) is 9.47 Å². The third kappa shape index (κ3) is 10.2. The van der Waals surface area contributed by atoms with Crippen molar-refractivity contribution in [1.82, 2.24) is 9.88 Å². The molecule has 0 bridgehead atoms. The van der Waals surface area contributed by atoms with Crippen LogP contribution in [0.1, 0.15) is 27.7 Å². The predicted octanol–water partition coefficient (Wildman–Crippen LogP) is 3.33. The molecule has 0 spiro atoms. The van der Waals surface area contributed by atoms with Crippen molar-refractivity contribution >= 4 is 29.2 Å². The van der Waals surface area contributed by atoms with Crippen LogP contribution < -0.4 is 20.3 Å². The van der Waals surface area contributed by atoms with E-state index < -0.39 is 36.3 Å². The molecule has 1 heterocycles. The lowest BCUT2D eigenvalue weighted by atomic mass is 10.2. The van der Waals surface area contributed by atoms with Crippen LogP contribution in [0.25, 0.3) is 0 Å². The molecule has 0 aromatic carbocycles. The second kappa shape index (κ2) is 10.5. The topological polar surface area (TPSA) is 96.0 Å². The second-order valence-corrected chi connectivity index (χ2v) is 8.15. The number of rotatable bonds is 8. The van der Waals surface area contributed by atoms with Gasteiger partial charge in [-0.2, -0.15) is 18.2 Å². The molecule has 0 aliphatic heterocycles. The van der Waals surface area contributed by atoms with Crippen molar-refractivity contribution in [3.8, 4) is 5.88 Å². The molecule has 0 radical (unpaired) electrons. The number of nitrogens with zero attached hydrogens (tertiary/aromatic N) is 3. The van der Waals surface area contributed by atoms with Crippen molar-refractivity contribution in [3.05, 3.63) is 6.07 Å². The van der Waals surface area contributed by atoms with E-state index in [2.05, 4.69) is 15.6 Å². The number of amides is 2. The van der Waals surface area contributed by atoms with Crippen LogP contribution in [0, 0.1) is 0 Å². The van der Waals surface area contributed by atoms with Crippen LogP contribution >= 0.6 is 0 Å². The Morgan fingerprint density at radius 2 is 1.68 bits per heavy atom. The number of hydrogen-bond donors (Lipinski definition) is 2. The van der Waals surface area contributed by atoms with E-state index in [1.807, 2.05) is 19.0 Å². The molecule has 12 heteroatoms. The van der Waals surface area contributed by atoms with Gasteiger partial charge < -0.3 is 24.6 Å². The van der Waals surface area contributed by atoms with Gasteiger partial charge in [0.2, 0.25) is 11.8 Å². The standard InChI is InChI=1S/C19H30F3N5O4/c1-12(28)23-13-10-14(24-17(29)31-18(2,3)4)16(30-11-19(20,21)22)25-15(13)27(7)9-8-26(5)6/h10H,8-9,11H2,1-7H3,(H,23,28)(H,24,29). The zero-order valence-electron chi connectivity index (χ0n) is 18.8. The maximum Gasteiger partial charge on any atom is 0.422 e. The number of likely N-dealkylation sites (N-methyl/N-ethyl adjacent to an activating group) is 2. The minimum absolute atomic E-state index is 0.174. The van der Waals surface area contributed by atoms with Gasteiger partial charge >= 0.3 is 12.3 Å². The molecule has 0 fully saturated rings. The van der Waals surface area contributed by atoms with E-state index in [0.717, 1.165) is 0 Å². The molecule has 31 heavy (non-hydrogen) atoms. The number of alkyl halides is 3. The first-order valence-corrected chi connectivity index (χ1v) is 9.45. The second-order valence-electron chi connectivity index (χ2n) is 8.15. The number of aromatic nitrogens is 1. The van der Waals surface area contributed by atoms with Gasteiger partial charge in [0.05, 0.1) is 5.69 Å². The highest BCUT2D eigenvalue weighted by molar-refractivity contribution is 5.95. The first-order chi connectivity index (χ1) is 14.1. The van der Waals surface area contributed by atoms with Crippen molar-refractivity contribution < 1.29 is 32.2 Å². The molecule has 1 aromatic rings. The molecule has 0 aliphatic rings. The molecule has 2 amide bonds. The molecule has 0 saturated carbocycles. The lowest BCUT2D eigenvalue weighted by molar-refractivity contribution is -0.153. The van der Waals surface area contributed by atoms with Gasteiger partial charge in [-0.15, -0.1) is 0 Å². The molecule has 176 valence electrons. The summed E-state index contributed by atoms with van der Waals surface area (Å²) < 4.78 is 48.2. The fourth-order valence-corrected chi connectivity index (χ4v) is 2.28. The molecule has 0 unspecified atom stereocenters. The summed E-state index contributed by atoms with van der Waals surface area (Å²) in [6.45, 7) is 5.66. The molecule has 2 N–H and O–H groups in total. The summed E-state index contributed by atoms with van der Waals surface area (Å²) in [6.07, 6.45) is -5.52. The number of carbonyl (C=O) groups is 2. The summed E-state index contributed by atoms with van der Waals surface area (Å²) in [6, 6.07) is 1.28. The summed E-state index contributed by atoms with van der Waals surface area (Å²) in [7, 11) is 5.40. The van der Waals surface area contributed by atoms with Gasteiger partial charge in [-0.05, 0) is 40.9 Å². The molecular formula is C19H30F3N5O4. The van der Waals surface area contributed by atoms with E-state index in [0.29, 0.717) is 13.1 Å². The number of pyridine rings is 1. The van der Waals surface area contributed by atoms with Gasteiger partial charge in [-0.25, -0.2) is 4.79 Å². The number of anilines is 3. The zero-order chi connectivity index (χ0) is 24.0. The highest BCUT2D eigenvalue weighted by Crippen LogP contribution is 2.34. The Morgan fingerprint density at radius 1 is 1.06 bits per heavy atom. The summed E-state index contributed by atoms with van der Waals surface area (Å²) in [4.78, 5) is 31.6.